The summed E-state index contributed by atoms with van der Waals surface area (Å²) >= 11 is 5.90. The van der Waals surface area contributed by atoms with E-state index in [9.17, 15) is 9.90 Å². The summed E-state index contributed by atoms with van der Waals surface area (Å²) < 4.78 is 5.17. The summed E-state index contributed by atoms with van der Waals surface area (Å²) in [5.41, 5.74) is 1.05. The molecule has 1 aromatic carbocycles. The van der Waals surface area contributed by atoms with E-state index in [0.29, 0.717) is 16.6 Å². The van der Waals surface area contributed by atoms with E-state index in [1.54, 1.807) is 6.07 Å². The van der Waals surface area contributed by atoms with Crippen LogP contribution in [0.5, 0.6) is 0 Å². The molecule has 128 valence electrons. The van der Waals surface area contributed by atoms with Gasteiger partial charge in [0, 0.05) is 28.7 Å². The predicted molar refractivity (Wildman–Crippen MR) is 92.4 cm³/mol. The normalized spacial score (nSPS) is 17.5. The Balaban J connectivity index is 1.66. The summed E-state index contributed by atoms with van der Waals surface area (Å²) in [5.74, 6) is 0.153. The summed E-state index contributed by atoms with van der Waals surface area (Å²) in [7, 11) is 0. The van der Waals surface area contributed by atoms with Crippen LogP contribution in [-0.2, 0) is 10.2 Å². The van der Waals surface area contributed by atoms with Gasteiger partial charge in [0.25, 0.3) is 0 Å². The Hall–Kier alpha value is -2.05. The standard InChI is InChI=1S/C17H20ClN3O3/c1-17(2,10-22)14-9-15(24-20-14)19-16(23)13-7-8-21(13)12-5-3-11(18)4-6-12/h3-6,9,13,22H,7-8,10H2,1-2H3,(H,19,23)/t13-/m0/s1. The van der Waals surface area contributed by atoms with Gasteiger partial charge in [-0.3, -0.25) is 10.1 Å². The predicted octanol–water partition coefficient (Wildman–Crippen LogP) is 2.82. The molecule has 7 heteroatoms. The zero-order valence-corrected chi connectivity index (χ0v) is 14.4. The van der Waals surface area contributed by atoms with Crippen molar-refractivity contribution in [1.82, 2.24) is 5.16 Å². The molecule has 2 heterocycles. The highest BCUT2D eigenvalue weighted by Crippen LogP contribution is 2.29. The molecule has 3 rings (SSSR count). The van der Waals surface area contributed by atoms with Crippen molar-refractivity contribution in [2.45, 2.75) is 31.7 Å². The van der Waals surface area contributed by atoms with Crippen molar-refractivity contribution < 1.29 is 14.4 Å². The van der Waals surface area contributed by atoms with Crippen molar-refractivity contribution in [2.75, 3.05) is 23.4 Å². The van der Waals surface area contributed by atoms with Crippen molar-refractivity contribution in [3.05, 3.63) is 41.0 Å². The van der Waals surface area contributed by atoms with E-state index >= 15 is 0 Å². The number of nitrogens with one attached hydrogen (secondary N) is 1. The number of amides is 1. The summed E-state index contributed by atoms with van der Waals surface area (Å²) in [6, 6.07) is 8.83. The number of hydrogen-bond acceptors (Lipinski definition) is 5. The molecule has 6 nitrogen and oxygen atoms in total. The van der Waals surface area contributed by atoms with Gasteiger partial charge in [-0.1, -0.05) is 30.6 Å². The van der Waals surface area contributed by atoms with Crippen molar-refractivity contribution in [1.29, 1.82) is 0 Å². The molecule has 1 aliphatic rings. The molecule has 0 unspecified atom stereocenters. The maximum absolute atomic E-state index is 12.5. The quantitative estimate of drug-likeness (QED) is 0.867. The van der Waals surface area contributed by atoms with E-state index in [4.69, 9.17) is 16.1 Å². The third kappa shape index (κ3) is 3.25. The van der Waals surface area contributed by atoms with E-state index in [0.717, 1.165) is 18.7 Å². The molecule has 1 atom stereocenters. The Morgan fingerprint density at radius 3 is 2.75 bits per heavy atom. The van der Waals surface area contributed by atoms with Gasteiger partial charge in [-0.25, -0.2) is 0 Å². The van der Waals surface area contributed by atoms with Crippen LogP contribution in [0.2, 0.25) is 5.02 Å². The number of nitrogens with zero attached hydrogens (tertiary/aromatic N) is 2. The maximum atomic E-state index is 12.5. The highest BCUT2D eigenvalue weighted by molar-refractivity contribution is 6.30. The van der Waals surface area contributed by atoms with Crippen LogP contribution >= 0.6 is 11.6 Å². The molecule has 1 amide bonds. The van der Waals surface area contributed by atoms with Crippen LogP contribution in [0.3, 0.4) is 0 Å². The van der Waals surface area contributed by atoms with Crippen LogP contribution in [0.25, 0.3) is 0 Å². The lowest BCUT2D eigenvalue weighted by Gasteiger charge is -2.41. The van der Waals surface area contributed by atoms with Gasteiger partial charge in [0.05, 0.1) is 12.3 Å². The first-order chi connectivity index (χ1) is 11.4. The van der Waals surface area contributed by atoms with Crippen LogP contribution in [0.15, 0.2) is 34.9 Å². The molecule has 1 aliphatic heterocycles. The number of aliphatic hydroxyl groups is 1. The topological polar surface area (TPSA) is 78.6 Å². The minimum absolute atomic E-state index is 0.0557. The average Bonchev–Trinajstić information content (AvgIpc) is 2.97. The highest BCUT2D eigenvalue weighted by Gasteiger charge is 2.35. The average molecular weight is 350 g/mol. The van der Waals surface area contributed by atoms with Gasteiger partial charge in [-0.2, -0.15) is 0 Å². The van der Waals surface area contributed by atoms with Gasteiger partial charge >= 0.3 is 0 Å². The van der Waals surface area contributed by atoms with Crippen molar-refractivity contribution in [3.63, 3.8) is 0 Å². The maximum Gasteiger partial charge on any atom is 0.249 e. The van der Waals surface area contributed by atoms with Crippen molar-refractivity contribution >= 4 is 29.1 Å². The molecule has 24 heavy (non-hydrogen) atoms. The fraction of sp³-hybridized carbons (Fsp3) is 0.412. The second-order valence-electron chi connectivity index (χ2n) is 6.58. The second-order valence-corrected chi connectivity index (χ2v) is 7.02. The molecule has 2 N–H and O–H groups in total. The monoisotopic (exact) mass is 349 g/mol. The number of aromatic nitrogens is 1. The van der Waals surface area contributed by atoms with E-state index < -0.39 is 5.41 Å². The number of halogens is 1. The summed E-state index contributed by atoms with van der Waals surface area (Å²) in [6.45, 7) is 4.47. The van der Waals surface area contributed by atoms with E-state index in [1.165, 1.54) is 0 Å². The molecule has 2 aromatic rings. The van der Waals surface area contributed by atoms with E-state index in [2.05, 4.69) is 10.5 Å². The largest absolute Gasteiger partial charge is 0.395 e. The first-order valence-corrected chi connectivity index (χ1v) is 8.19. The van der Waals surface area contributed by atoms with Crippen molar-refractivity contribution in [2.24, 2.45) is 0 Å². The molecule has 1 fully saturated rings. The lowest BCUT2D eigenvalue weighted by atomic mass is 9.91. The Bertz CT molecular complexity index is 727. The Morgan fingerprint density at radius 2 is 2.17 bits per heavy atom. The molecule has 0 radical (unpaired) electrons. The number of anilines is 2. The molecule has 1 aromatic heterocycles. The van der Waals surface area contributed by atoms with Gasteiger partial charge < -0.3 is 14.5 Å². The third-order valence-corrected chi connectivity index (χ3v) is 4.58. The molecule has 0 saturated carbocycles. The third-order valence-electron chi connectivity index (χ3n) is 4.33. The zero-order chi connectivity index (χ0) is 17.3. The number of hydrogen-bond donors (Lipinski definition) is 2. The number of carbonyl (C=O) groups excluding carboxylic acids is 1. The lowest BCUT2D eigenvalue weighted by molar-refractivity contribution is -0.118. The van der Waals surface area contributed by atoms with Crippen LogP contribution in [0, 0.1) is 0 Å². The lowest BCUT2D eigenvalue weighted by Crippen LogP contribution is -2.54. The van der Waals surface area contributed by atoms with Crippen LogP contribution in [0.4, 0.5) is 11.6 Å². The van der Waals surface area contributed by atoms with Gasteiger partial charge in [0.15, 0.2) is 0 Å². The van der Waals surface area contributed by atoms with E-state index in [-0.39, 0.29) is 18.6 Å². The first kappa shape index (κ1) is 16.8. The SMILES string of the molecule is CC(C)(CO)c1cc(NC(=O)[C@@H]2CCN2c2ccc(Cl)cc2)on1. The van der Waals surface area contributed by atoms with Gasteiger partial charge in [0.1, 0.15) is 6.04 Å². The number of aliphatic hydroxyl groups excluding tert-OH is 1. The molecule has 1 saturated heterocycles. The number of benzene rings is 1. The van der Waals surface area contributed by atoms with Gasteiger partial charge in [-0.05, 0) is 30.7 Å². The van der Waals surface area contributed by atoms with Gasteiger partial charge in [-0.15, -0.1) is 0 Å². The smallest absolute Gasteiger partial charge is 0.249 e. The molecule has 0 aliphatic carbocycles. The van der Waals surface area contributed by atoms with Crippen LogP contribution < -0.4 is 10.2 Å². The fourth-order valence-electron chi connectivity index (χ4n) is 2.54. The summed E-state index contributed by atoms with van der Waals surface area (Å²) in [4.78, 5) is 14.5. The summed E-state index contributed by atoms with van der Waals surface area (Å²) in [5, 5.41) is 16.7. The molecule has 0 spiro atoms. The minimum Gasteiger partial charge on any atom is -0.395 e. The van der Waals surface area contributed by atoms with E-state index in [1.807, 2.05) is 43.0 Å². The van der Waals surface area contributed by atoms with Crippen LogP contribution in [-0.4, -0.2) is 35.4 Å². The number of carbonyl (C=O) groups is 1. The molecular weight excluding hydrogens is 330 g/mol. The van der Waals surface area contributed by atoms with Gasteiger partial charge in [0.2, 0.25) is 11.8 Å². The molecule has 0 bridgehead atoms. The summed E-state index contributed by atoms with van der Waals surface area (Å²) in [6.07, 6.45) is 0.775. The number of rotatable bonds is 5. The highest BCUT2D eigenvalue weighted by atomic mass is 35.5. The fourth-order valence-corrected chi connectivity index (χ4v) is 2.67. The second kappa shape index (κ2) is 6.45. The Kier molecular flexibility index (Phi) is 4.51. The zero-order valence-electron chi connectivity index (χ0n) is 13.6. The first-order valence-electron chi connectivity index (χ1n) is 7.82. The van der Waals surface area contributed by atoms with Crippen molar-refractivity contribution in [3.8, 4) is 0 Å². The van der Waals surface area contributed by atoms with Crippen LogP contribution in [0.1, 0.15) is 26.0 Å². The minimum atomic E-state index is -0.516. The molecular formula is C17H20ClN3O3. The Morgan fingerprint density at radius 1 is 1.46 bits per heavy atom. The Labute approximate surface area is 145 Å².